The number of hydrogen-bond acceptors (Lipinski definition) is 4. The highest BCUT2D eigenvalue weighted by Crippen LogP contribution is 2.52. The number of nitrogens with zero attached hydrogens (tertiary/aromatic N) is 4. The van der Waals surface area contributed by atoms with Crippen LogP contribution in [0.15, 0.2) is 126 Å². The van der Waals surface area contributed by atoms with E-state index >= 15 is 0 Å². The lowest BCUT2D eigenvalue weighted by Gasteiger charge is -2.42. The first kappa shape index (κ1) is 26.1. The monoisotopic (exact) mass is 590 g/mol. The maximum Gasteiger partial charge on any atom is 0.135 e. The maximum absolute atomic E-state index is 9.62. The standard InChI is InChI=1S/C41H26N4O/c1-41(2)33-7-3-5-9-37(33)45(38-10-6-4-8-34(38)41)28-14-18-40-32(22-28)31-21-27(13-17-39(31)46-40)44-35-15-11-25(23-42)19-29(35)30-20-26(24-43)12-16-36(30)44/h3-22H,1-2H3. The zero-order valence-corrected chi connectivity index (χ0v) is 25.2. The van der Waals surface area contributed by atoms with Gasteiger partial charge in [-0.3, -0.25) is 0 Å². The summed E-state index contributed by atoms with van der Waals surface area (Å²) >= 11 is 0. The van der Waals surface area contributed by atoms with Crippen molar-refractivity contribution < 1.29 is 4.42 Å². The SMILES string of the molecule is CC1(C)c2ccccc2N(c2ccc3oc4ccc(-n5c6ccc(C#N)cc6c6cc(C#N)ccc65)cc4c3c2)c2ccccc21. The van der Waals surface area contributed by atoms with E-state index in [1.54, 1.807) is 0 Å². The van der Waals surface area contributed by atoms with E-state index in [-0.39, 0.29) is 5.41 Å². The Morgan fingerprint density at radius 1 is 0.543 bits per heavy atom. The van der Waals surface area contributed by atoms with Gasteiger partial charge in [-0.05, 0) is 96.1 Å². The highest BCUT2D eigenvalue weighted by Gasteiger charge is 2.36. The van der Waals surface area contributed by atoms with Crippen LogP contribution in [0.1, 0.15) is 36.1 Å². The quantitative estimate of drug-likeness (QED) is 0.201. The number of nitriles is 2. The van der Waals surface area contributed by atoms with Crippen LogP contribution in [0.5, 0.6) is 0 Å². The summed E-state index contributed by atoms with van der Waals surface area (Å²) in [5.74, 6) is 0. The fourth-order valence-corrected chi connectivity index (χ4v) is 7.42. The average Bonchev–Trinajstić information content (AvgIpc) is 3.62. The van der Waals surface area contributed by atoms with Crippen molar-refractivity contribution >= 4 is 60.8 Å². The Bertz CT molecular complexity index is 2540. The molecule has 0 fully saturated rings. The van der Waals surface area contributed by atoms with Crippen LogP contribution in [0.2, 0.25) is 0 Å². The Morgan fingerprint density at radius 3 is 1.59 bits per heavy atom. The van der Waals surface area contributed by atoms with E-state index in [4.69, 9.17) is 4.42 Å². The fourth-order valence-electron chi connectivity index (χ4n) is 7.42. The first-order valence-electron chi connectivity index (χ1n) is 15.3. The molecule has 0 atom stereocenters. The van der Waals surface area contributed by atoms with E-state index in [9.17, 15) is 10.5 Å². The molecule has 216 valence electrons. The van der Waals surface area contributed by atoms with E-state index in [0.717, 1.165) is 55.1 Å². The molecule has 1 aliphatic heterocycles. The third-order valence-electron chi connectivity index (χ3n) is 9.61. The van der Waals surface area contributed by atoms with Crippen molar-refractivity contribution in [1.29, 1.82) is 10.5 Å². The lowest BCUT2D eigenvalue weighted by Crippen LogP contribution is -2.30. The second-order valence-corrected chi connectivity index (χ2v) is 12.5. The first-order valence-corrected chi connectivity index (χ1v) is 15.3. The van der Waals surface area contributed by atoms with Gasteiger partial charge in [-0.2, -0.15) is 10.5 Å². The van der Waals surface area contributed by atoms with E-state index in [0.29, 0.717) is 11.1 Å². The van der Waals surface area contributed by atoms with Gasteiger partial charge in [0.25, 0.3) is 0 Å². The highest BCUT2D eigenvalue weighted by atomic mass is 16.3. The molecular weight excluding hydrogens is 564 g/mol. The molecule has 0 unspecified atom stereocenters. The lowest BCUT2D eigenvalue weighted by molar-refractivity contribution is 0.632. The summed E-state index contributed by atoms with van der Waals surface area (Å²) in [5, 5.41) is 23.2. The van der Waals surface area contributed by atoms with Crippen LogP contribution in [0.3, 0.4) is 0 Å². The van der Waals surface area contributed by atoms with Crippen LogP contribution in [0.4, 0.5) is 17.1 Å². The van der Waals surface area contributed by atoms with Crippen molar-refractivity contribution in [3.05, 3.63) is 144 Å². The van der Waals surface area contributed by atoms with E-state index in [1.165, 1.54) is 22.5 Å². The molecule has 2 aromatic heterocycles. The van der Waals surface area contributed by atoms with Crippen LogP contribution in [0, 0.1) is 22.7 Å². The van der Waals surface area contributed by atoms with Crippen molar-refractivity contribution in [3.63, 3.8) is 0 Å². The van der Waals surface area contributed by atoms with Gasteiger partial charge in [0.15, 0.2) is 0 Å². The highest BCUT2D eigenvalue weighted by molar-refractivity contribution is 6.11. The van der Waals surface area contributed by atoms with Gasteiger partial charge < -0.3 is 13.9 Å². The van der Waals surface area contributed by atoms with Crippen molar-refractivity contribution in [2.24, 2.45) is 0 Å². The topological polar surface area (TPSA) is 68.9 Å². The second-order valence-electron chi connectivity index (χ2n) is 12.5. The molecule has 6 aromatic carbocycles. The Morgan fingerprint density at radius 2 is 1.04 bits per heavy atom. The smallest absolute Gasteiger partial charge is 0.135 e. The van der Waals surface area contributed by atoms with Crippen LogP contribution < -0.4 is 4.90 Å². The van der Waals surface area contributed by atoms with Gasteiger partial charge in [-0.15, -0.1) is 0 Å². The normalized spacial score (nSPS) is 13.5. The van der Waals surface area contributed by atoms with E-state index in [1.807, 2.05) is 42.5 Å². The lowest BCUT2D eigenvalue weighted by atomic mass is 9.73. The third kappa shape index (κ3) is 3.54. The zero-order chi connectivity index (χ0) is 31.2. The van der Waals surface area contributed by atoms with Gasteiger partial charge >= 0.3 is 0 Å². The molecule has 5 heteroatoms. The molecule has 0 saturated carbocycles. The Balaban J connectivity index is 1.27. The molecule has 0 radical (unpaired) electrons. The summed E-state index contributed by atoms with van der Waals surface area (Å²) in [6.07, 6.45) is 0. The molecule has 8 aromatic rings. The Labute approximate surface area is 265 Å². The summed E-state index contributed by atoms with van der Waals surface area (Å²) in [4.78, 5) is 2.37. The maximum atomic E-state index is 9.62. The first-order chi connectivity index (χ1) is 22.5. The molecule has 1 aliphatic rings. The Kier molecular flexibility index (Phi) is 5.31. The minimum atomic E-state index is -0.130. The van der Waals surface area contributed by atoms with Crippen LogP contribution in [-0.2, 0) is 5.41 Å². The number of furan rings is 1. The molecule has 0 spiro atoms. The third-order valence-corrected chi connectivity index (χ3v) is 9.61. The van der Waals surface area contributed by atoms with Gasteiger partial charge in [-0.25, -0.2) is 0 Å². The number of fused-ring (bicyclic) bond motifs is 8. The van der Waals surface area contributed by atoms with Gasteiger partial charge in [0.2, 0.25) is 0 Å². The van der Waals surface area contributed by atoms with Crippen molar-refractivity contribution in [3.8, 4) is 17.8 Å². The van der Waals surface area contributed by atoms with E-state index < -0.39 is 0 Å². The molecule has 46 heavy (non-hydrogen) atoms. The van der Waals surface area contributed by atoms with Crippen molar-refractivity contribution in [2.75, 3.05) is 4.90 Å². The van der Waals surface area contributed by atoms with Crippen LogP contribution in [0.25, 0.3) is 49.4 Å². The van der Waals surface area contributed by atoms with Crippen molar-refractivity contribution in [2.45, 2.75) is 19.3 Å². The number of benzene rings is 6. The summed E-state index contributed by atoms with van der Waals surface area (Å²) in [7, 11) is 0. The van der Waals surface area contributed by atoms with Crippen LogP contribution in [-0.4, -0.2) is 4.57 Å². The van der Waals surface area contributed by atoms with Crippen LogP contribution >= 0.6 is 0 Å². The fraction of sp³-hybridized carbons (Fsp3) is 0.0732. The van der Waals surface area contributed by atoms with Crippen molar-refractivity contribution in [1.82, 2.24) is 4.57 Å². The minimum Gasteiger partial charge on any atom is -0.456 e. The molecular formula is C41H26N4O. The van der Waals surface area contributed by atoms with Gasteiger partial charge in [0.1, 0.15) is 11.2 Å². The molecule has 0 bridgehead atoms. The predicted molar refractivity (Wildman–Crippen MR) is 184 cm³/mol. The molecule has 0 N–H and O–H groups in total. The largest absolute Gasteiger partial charge is 0.456 e. The second kappa shape index (κ2) is 9.35. The molecule has 9 rings (SSSR count). The number of rotatable bonds is 2. The van der Waals surface area contributed by atoms with E-state index in [2.05, 4.69) is 114 Å². The minimum absolute atomic E-state index is 0.130. The summed E-state index contributed by atoms with van der Waals surface area (Å²) < 4.78 is 8.58. The molecule has 0 saturated heterocycles. The number of aromatic nitrogens is 1. The van der Waals surface area contributed by atoms with Gasteiger partial charge in [0, 0.05) is 38.3 Å². The summed E-state index contributed by atoms with van der Waals surface area (Å²) in [6, 6.07) is 46.1. The average molecular weight is 591 g/mol. The number of hydrogen-bond donors (Lipinski definition) is 0. The number of anilines is 3. The molecule has 0 amide bonds. The molecule has 5 nitrogen and oxygen atoms in total. The van der Waals surface area contributed by atoms with Gasteiger partial charge in [0.05, 0.1) is 45.7 Å². The molecule has 0 aliphatic carbocycles. The predicted octanol–water partition coefficient (Wildman–Crippen LogP) is 10.5. The summed E-state index contributed by atoms with van der Waals surface area (Å²) in [5.41, 5.74) is 11.6. The molecule has 3 heterocycles. The summed E-state index contributed by atoms with van der Waals surface area (Å²) in [6.45, 7) is 4.60. The number of para-hydroxylation sites is 2. The zero-order valence-electron chi connectivity index (χ0n) is 25.2. The Hall–Kier alpha value is -6.30. The van der Waals surface area contributed by atoms with Gasteiger partial charge in [-0.1, -0.05) is 50.2 Å².